The van der Waals surface area contributed by atoms with Crippen LogP contribution in [0, 0.1) is 20.8 Å². The molecule has 1 aromatic heterocycles. The zero-order chi connectivity index (χ0) is 18.0. The molecule has 0 bridgehead atoms. The van der Waals surface area contributed by atoms with E-state index in [0.29, 0.717) is 6.54 Å². The Bertz CT molecular complexity index is 741. The van der Waals surface area contributed by atoms with E-state index in [4.69, 9.17) is 4.74 Å². The molecule has 1 fully saturated rings. The number of nitrogens with zero attached hydrogens (tertiary/aromatic N) is 3. The van der Waals surface area contributed by atoms with Gasteiger partial charge in [-0.15, -0.1) is 0 Å². The lowest BCUT2D eigenvalue weighted by Gasteiger charge is -2.31. The number of ether oxygens (including phenoxy) is 1. The van der Waals surface area contributed by atoms with Gasteiger partial charge in [0.15, 0.2) is 0 Å². The zero-order valence-electron chi connectivity index (χ0n) is 15.6. The Kier molecular flexibility index (Phi) is 5.23. The van der Waals surface area contributed by atoms with Crippen molar-refractivity contribution in [3.63, 3.8) is 0 Å². The predicted molar refractivity (Wildman–Crippen MR) is 97.9 cm³/mol. The lowest BCUT2D eigenvalue weighted by Crippen LogP contribution is -2.41. The predicted octanol–water partition coefficient (Wildman–Crippen LogP) is 3.11. The van der Waals surface area contributed by atoms with Crippen molar-refractivity contribution >= 4 is 5.91 Å². The third-order valence-electron chi connectivity index (χ3n) is 5.11. The van der Waals surface area contributed by atoms with Crippen molar-refractivity contribution in [1.82, 2.24) is 14.7 Å². The second kappa shape index (κ2) is 7.40. The maximum absolute atomic E-state index is 13.0. The molecular weight excluding hydrogens is 314 g/mol. The van der Waals surface area contributed by atoms with Crippen LogP contribution in [0.2, 0.25) is 0 Å². The van der Waals surface area contributed by atoms with Crippen LogP contribution in [-0.2, 0) is 11.3 Å². The number of carbonyl (C=O) groups excluding carboxylic acids is 1. The van der Waals surface area contributed by atoms with E-state index in [9.17, 15) is 4.79 Å². The molecule has 5 nitrogen and oxygen atoms in total. The molecule has 1 aliphatic rings. The highest BCUT2D eigenvalue weighted by Gasteiger charge is 2.27. The van der Waals surface area contributed by atoms with Gasteiger partial charge in [-0.25, -0.2) is 0 Å². The fraction of sp³-hybridized carbons (Fsp3) is 0.500. The van der Waals surface area contributed by atoms with Gasteiger partial charge < -0.3 is 9.64 Å². The summed E-state index contributed by atoms with van der Waals surface area (Å²) >= 11 is 0. The molecular formula is C20H27N3O2. The van der Waals surface area contributed by atoms with Crippen molar-refractivity contribution in [1.29, 1.82) is 0 Å². The van der Waals surface area contributed by atoms with E-state index in [-0.39, 0.29) is 12.0 Å². The maximum atomic E-state index is 13.0. The molecule has 0 aliphatic carbocycles. The Labute approximate surface area is 149 Å². The summed E-state index contributed by atoms with van der Waals surface area (Å²) in [5.74, 6) is 0.0970. The summed E-state index contributed by atoms with van der Waals surface area (Å²) in [6, 6.07) is 8.44. The number of likely N-dealkylation sites (tertiary alicyclic amines) is 1. The number of methoxy groups -OCH3 is 1. The highest BCUT2D eigenvalue weighted by atomic mass is 16.5. The van der Waals surface area contributed by atoms with Crippen LogP contribution in [0.4, 0.5) is 0 Å². The van der Waals surface area contributed by atoms with Crippen LogP contribution in [0.5, 0.6) is 0 Å². The average molecular weight is 341 g/mol. The van der Waals surface area contributed by atoms with Crippen LogP contribution in [0.25, 0.3) is 0 Å². The zero-order valence-corrected chi connectivity index (χ0v) is 15.6. The molecule has 2 heterocycles. The van der Waals surface area contributed by atoms with E-state index >= 15 is 0 Å². The van der Waals surface area contributed by atoms with Crippen LogP contribution in [0.3, 0.4) is 0 Å². The first-order valence-electron chi connectivity index (χ1n) is 8.91. The topological polar surface area (TPSA) is 47.4 Å². The van der Waals surface area contributed by atoms with Gasteiger partial charge in [0.05, 0.1) is 23.9 Å². The number of benzene rings is 1. The third-order valence-corrected chi connectivity index (χ3v) is 5.11. The molecule has 134 valence electrons. The van der Waals surface area contributed by atoms with Gasteiger partial charge in [-0.1, -0.05) is 29.8 Å². The molecule has 1 amide bonds. The Morgan fingerprint density at radius 2 is 1.80 bits per heavy atom. The van der Waals surface area contributed by atoms with Crippen LogP contribution in [0.1, 0.15) is 45.7 Å². The number of hydrogen-bond donors (Lipinski definition) is 0. The van der Waals surface area contributed by atoms with Crippen molar-refractivity contribution in [3.8, 4) is 0 Å². The molecule has 1 saturated heterocycles. The second-order valence-corrected chi connectivity index (χ2v) is 6.92. The van der Waals surface area contributed by atoms with Crippen LogP contribution in [0.15, 0.2) is 24.3 Å². The summed E-state index contributed by atoms with van der Waals surface area (Å²) in [5, 5.41) is 4.62. The molecule has 3 rings (SSSR count). The highest BCUT2D eigenvalue weighted by molar-refractivity contribution is 5.96. The van der Waals surface area contributed by atoms with Crippen molar-refractivity contribution < 1.29 is 9.53 Å². The van der Waals surface area contributed by atoms with E-state index in [1.807, 2.05) is 23.4 Å². The van der Waals surface area contributed by atoms with E-state index in [2.05, 4.69) is 36.3 Å². The summed E-state index contributed by atoms with van der Waals surface area (Å²) < 4.78 is 7.34. The number of aromatic nitrogens is 2. The number of amides is 1. The average Bonchev–Trinajstić information content (AvgIpc) is 2.90. The fourth-order valence-electron chi connectivity index (χ4n) is 3.48. The van der Waals surface area contributed by atoms with E-state index < -0.39 is 0 Å². The van der Waals surface area contributed by atoms with Gasteiger partial charge in [-0.05, 0) is 39.2 Å². The monoisotopic (exact) mass is 341 g/mol. The quantitative estimate of drug-likeness (QED) is 0.858. The summed E-state index contributed by atoms with van der Waals surface area (Å²) in [7, 11) is 1.74. The first-order chi connectivity index (χ1) is 12.0. The van der Waals surface area contributed by atoms with Crippen molar-refractivity contribution in [2.24, 2.45) is 0 Å². The first-order valence-corrected chi connectivity index (χ1v) is 8.91. The van der Waals surface area contributed by atoms with Crippen molar-refractivity contribution in [2.45, 2.75) is 46.3 Å². The molecule has 0 spiro atoms. The first kappa shape index (κ1) is 17.7. The summed E-state index contributed by atoms with van der Waals surface area (Å²) in [4.78, 5) is 14.9. The number of carbonyl (C=O) groups is 1. The van der Waals surface area contributed by atoms with Gasteiger partial charge >= 0.3 is 0 Å². The smallest absolute Gasteiger partial charge is 0.257 e. The molecule has 0 N–H and O–H groups in total. The van der Waals surface area contributed by atoms with E-state index in [0.717, 1.165) is 42.9 Å². The van der Waals surface area contributed by atoms with Crippen LogP contribution < -0.4 is 0 Å². The van der Waals surface area contributed by atoms with Gasteiger partial charge in [-0.3, -0.25) is 9.48 Å². The van der Waals surface area contributed by atoms with Gasteiger partial charge in [0.1, 0.15) is 0 Å². The maximum Gasteiger partial charge on any atom is 0.257 e. The number of piperidine rings is 1. The molecule has 5 heteroatoms. The Morgan fingerprint density at radius 3 is 2.40 bits per heavy atom. The highest BCUT2D eigenvalue weighted by Crippen LogP contribution is 2.21. The van der Waals surface area contributed by atoms with Gasteiger partial charge in [0.2, 0.25) is 0 Å². The largest absolute Gasteiger partial charge is 0.381 e. The Hall–Kier alpha value is -2.14. The molecule has 2 aromatic rings. The molecule has 1 aromatic carbocycles. The van der Waals surface area contributed by atoms with Crippen LogP contribution >= 0.6 is 0 Å². The second-order valence-electron chi connectivity index (χ2n) is 6.92. The van der Waals surface area contributed by atoms with Crippen LogP contribution in [-0.4, -0.2) is 46.9 Å². The Morgan fingerprint density at radius 1 is 1.16 bits per heavy atom. The number of hydrogen-bond acceptors (Lipinski definition) is 3. The molecule has 0 unspecified atom stereocenters. The SMILES string of the molecule is COC1CCN(C(=O)c2c(C)nn(Cc3ccc(C)cc3)c2C)CC1. The summed E-state index contributed by atoms with van der Waals surface area (Å²) in [5.41, 5.74) is 4.94. The lowest BCUT2D eigenvalue weighted by atomic mass is 10.1. The Balaban J connectivity index is 1.77. The molecule has 0 radical (unpaired) electrons. The minimum atomic E-state index is 0.0970. The van der Waals surface area contributed by atoms with E-state index in [1.165, 1.54) is 11.1 Å². The molecule has 1 aliphatic heterocycles. The van der Waals surface area contributed by atoms with E-state index in [1.54, 1.807) is 7.11 Å². The van der Waals surface area contributed by atoms with Crippen molar-refractivity contribution in [2.75, 3.05) is 20.2 Å². The minimum Gasteiger partial charge on any atom is -0.381 e. The lowest BCUT2D eigenvalue weighted by molar-refractivity contribution is 0.0350. The molecule has 0 saturated carbocycles. The molecule has 25 heavy (non-hydrogen) atoms. The minimum absolute atomic E-state index is 0.0970. The summed E-state index contributed by atoms with van der Waals surface area (Å²) in [6.45, 7) is 8.18. The van der Waals surface area contributed by atoms with Gasteiger partial charge in [-0.2, -0.15) is 5.10 Å². The fourth-order valence-corrected chi connectivity index (χ4v) is 3.48. The van der Waals surface area contributed by atoms with Crippen molar-refractivity contribution in [3.05, 3.63) is 52.3 Å². The molecule has 0 atom stereocenters. The standard InChI is InChI=1S/C20H27N3O2/c1-14-5-7-17(8-6-14)13-23-16(3)19(15(2)21-23)20(24)22-11-9-18(25-4)10-12-22/h5-8,18H,9-13H2,1-4H3. The number of rotatable bonds is 4. The normalized spacial score (nSPS) is 15.6. The summed E-state index contributed by atoms with van der Waals surface area (Å²) in [6.07, 6.45) is 2.07. The third kappa shape index (κ3) is 3.76. The van der Waals surface area contributed by atoms with Gasteiger partial charge in [0, 0.05) is 25.9 Å². The van der Waals surface area contributed by atoms with Gasteiger partial charge in [0.25, 0.3) is 5.91 Å². The number of aryl methyl sites for hydroxylation is 2.